The molecule has 0 unspecified atom stereocenters. The van der Waals surface area contributed by atoms with E-state index in [2.05, 4.69) is 15.3 Å². The van der Waals surface area contributed by atoms with Crippen molar-refractivity contribution in [1.29, 1.82) is 0 Å². The van der Waals surface area contributed by atoms with E-state index >= 15 is 0 Å². The number of fused-ring (bicyclic) bond motifs is 1. The van der Waals surface area contributed by atoms with E-state index in [0.29, 0.717) is 5.69 Å². The quantitative estimate of drug-likeness (QED) is 0.552. The molecule has 0 radical (unpaired) electrons. The molecule has 0 spiro atoms. The van der Waals surface area contributed by atoms with Crippen LogP contribution in [0.2, 0.25) is 5.15 Å². The van der Waals surface area contributed by atoms with Crippen LogP contribution in [-0.4, -0.2) is 21.0 Å². The lowest BCUT2D eigenvalue weighted by molar-refractivity contribution is 0.102. The molecule has 0 saturated heterocycles. The highest BCUT2D eigenvalue weighted by atomic mass is 35.5. The molecule has 2 heterocycles. The largest absolute Gasteiger partial charge is 0.506 e. The number of benzene rings is 1. The number of halogens is 1. The Balaban J connectivity index is 2.06. The second-order valence-corrected chi connectivity index (χ2v) is 5.11. The fourth-order valence-electron chi connectivity index (χ4n) is 2.08. The van der Waals surface area contributed by atoms with Crippen LogP contribution in [0.25, 0.3) is 11.0 Å². The number of anilines is 1. The molecule has 2 aromatic heterocycles. The molecule has 0 aliphatic carbocycles. The van der Waals surface area contributed by atoms with Crippen LogP contribution >= 0.6 is 11.6 Å². The monoisotopic (exact) mass is 331 g/mol. The zero-order valence-electron chi connectivity index (χ0n) is 11.8. The molecule has 0 bridgehead atoms. The van der Waals surface area contributed by atoms with Gasteiger partial charge in [-0.05, 0) is 25.1 Å². The first-order valence-electron chi connectivity index (χ1n) is 6.53. The molecule has 2 N–H and O–H groups in total. The van der Waals surface area contributed by atoms with Crippen molar-refractivity contribution in [2.45, 2.75) is 6.92 Å². The van der Waals surface area contributed by atoms with Crippen molar-refractivity contribution in [2.75, 3.05) is 5.32 Å². The summed E-state index contributed by atoms with van der Waals surface area (Å²) in [5, 5.41) is 12.9. The first-order valence-corrected chi connectivity index (χ1v) is 6.91. The minimum Gasteiger partial charge on any atom is -0.506 e. The molecule has 3 rings (SSSR count). The van der Waals surface area contributed by atoms with Gasteiger partial charge in [-0.25, -0.2) is 14.8 Å². The number of amides is 1. The minimum absolute atomic E-state index is 0.0769. The highest BCUT2D eigenvalue weighted by Gasteiger charge is 2.21. The van der Waals surface area contributed by atoms with Crippen molar-refractivity contribution < 1.29 is 14.3 Å². The zero-order valence-corrected chi connectivity index (χ0v) is 12.6. The maximum Gasteiger partial charge on any atom is 0.353 e. The number of carbonyl (C=O) groups excluding carboxylic acids is 1. The van der Waals surface area contributed by atoms with Gasteiger partial charge in [-0.3, -0.25) is 10.1 Å². The number of rotatable bonds is 2. The third-order valence-corrected chi connectivity index (χ3v) is 3.25. The number of aromatic nitrogens is 2. The summed E-state index contributed by atoms with van der Waals surface area (Å²) in [5.41, 5.74) is -0.765. The number of hydrogen-bond donors (Lipinski definition) is 2. The van der Waals surface area contributed by atoms with E-state index in [4.69, 9.17) is 16.0 Å². The van der Waals surface area contributed by atoms with Gasteiger partial charge in [0.2, 0.25) is 5.95 Å². The molecule has 1 aromatic carbocycles. The van der Waals surface area contributed by atoms with E-state index in [1.165, 1.54) is 18.2 Å². The van der Waals surface area contributed by atoms with Crippen LogP contribution < -0.4 is 10.9 Å². The van der Waals surface area contributed by atoms with Crippen molar-refractivity contribution in [3.8, 4) is 5.75 Å². The fraction of sp³-hybridized carbons (Fsp3) is 0.0667. The molecule has 1 amide bonds. The number of aromatic hydroxyl groups is 1. The molecular formula is C15H10ClN3O4. The summed E-state index contributed by atoms with van der Waals surface area (Å²) in [5.74, 6) is -1.43. The summed E-state index contributed by atoms with van der Waals surface area (Å²) in [6.45, 7) is 1.67. The average molecular weight is 332 g/mol. The Morgan fingerprint density at radius 2 is 2.04 bits per heavy atom. The first-order chi connectivity index (χ1) is 11.0. The van der Waals surface area contributed by atoms with Crippen molar-refractivity contribution in [1.82, 2.24) is 9.97 Å². The SMILES string of the molecule is Cc1cc(Cl)nc(NC(=O)c2c(O)c3ccccc3oc2=O)n1. The summed E-state index contributed by atoms with van der Waals surface area (Å²) in [7, 11) is 0. The van der Waals surface area contributed by atoms with E-state index < -0.39 is 22.8 Å². The molecule has 0 atom stereocenters. The van der Waals surface area contributed by atoms with Gasteiger partial charge in [0.1, 0.15) is 16.5 Å². The van der Waals surface area contributed by atoms with Gasteiger partial charge in [0.25, 0.3) is 5.91 Å². The summed E-state index contributed by atoms with van der Waals surface area (Å²) in [4.78, 5) is 32.0. The van der Waals surface area contributed by atoms with E-state index in [0.717, 1.165) is 0 Å². The van der Waals surface area contributed by atoms with Crippen molar-refractivity contribution in [3.05, 3.63) is 57.2 Å². The number of carbonyl (C=O) groups is 1. The number of para-hydroxylation sites is 1. The van der Waals surface area contributed by atoms with Crippen LogP contribution in [0.1, 0.15) is 16.1 Å². The Hall–Kier alpha value is -2.93. The first kappa shape index (κ1) is 15.0. The standard InChI is InChI=1S/C15H10ClN3O4/c1-7-6-10(16)18-15(17-7)19-13(21)11-12(20)8-4-2-3-5-9(8)23-14(11)22/h2-6,20H,1H3,(H,17,18,19,21). The van der Waals surface area contributed by atoms with Gasteiger partial charge in [0.05, 0.1) is 5.39 Å². The van der Waals surface area contributed by atoms with E-state index in [1.807, 2.05) is 0 Å². The van der Waals surface area contributed by atoms with E-state index in [-0.39, 0.29) is 22.1 Å². The number of aryl methyl sites for hydroxylation is 1. The Morgan fingerprint density at radius 3 is 2.78 bits per heavy atom. The molecule has 116 valence electrons. The Morgan fingerprint density at radius 1 is 1.30 bits per heavy atom. The van der Waals surface area contributed by atoms with Crippen molar-refractivity contribution in [2.24, 2.45) is 0 Å². The molecule has 0 aliphatic rings. The van der Waals surface area contributed by atoms with Crippen molar-refractivity contribution in [3.63, 3.8) is 0 Å². The highest BCUT2D eigenvalue weighted by molar-refractivity contribution is 6.29. The number of nitrogens with one attached hydrogen (secondary N) is 1. The second-order valence-electron chi connectivity index (χ2n) is 4.72. The van der Waals surface area contributed by atoms with Gasteiger partial charge < -0.3 is 9.52 Å². The maximum absolute atomic E-state index is 12.3. The fourth-order valence-corrected chi connectivity index (χ4v) is 2.32. The molecule has 0 aliphatic heterocycles. The van der Waals surface area contributed by atoms with Gasteiger partial charge in [0.15, 0.2) is 5.56 Å². The molecule has 23 heavy (non-hydrogen) atoms. The van der Waals surface area contributed by atoms with Crippen LogP contribution in [0, 0.1) is 6.92 Å². The second kappa shape index (κ2) is 5.69. The number of nitrogens with zero attached hydrogens (tertiary/aromatic N) is 2. The third kappa shape index (κ3) is 2.86. The van der Waals surface area contributed by atoms with Gasteiger partial charge >= 0.3 is 5.63 Å². The molecule has 3 aromatic rings. The summed E-state index contributed by atoms with van der Waals surface area (Å²) < 4.78 is 5.04. The van der Waals surface area contributed by atoms with Gasteiger partial charge in [-0.2, -0.15) is 0 Å². The Labute approximate surface area is 134 Å². The lowest BCUT2D eigenvalue weighted by Gasteiger charge is -2.07. The topological polar surface area (TPSA) is 105 Å². The zero-order chi connectivity index (χ0) is 16.6. The van der Waals surface area contributed by atoms with Gasteiger partial charge in [0, 0.05) is 5.69 Å². The lowest BCUT2D eigenvalue weighted by Crippen LogP contribution is -2.22. The minimum atomic E-state index is -0.961. The van der Waals surface area contributed by atoms with Crippen LogP contribution in [0.3, 0.4) is 0 Å². The molecule has 0 fully saturated rings. The van der Waals surface area contributed by atoms with Crippen LogP contribution in [0.15, 0.2) is 39.5 Å². The van der Waals surface area contributed by atoms with E-state index in [1.54, 1.807) is 19.1 Å². The summed E-state index contributed by atoms with van der Waals surface area (Å²) >= 11 is 5.79. The third-order valence-electron chi connectivity index (χ3n) is 3.06. The van der Waals surface area contributed by atoms with Crippen molar-refractivity contribution >= 4 is 34.4 Å². The predicted octanol–water partition coefficient (Wildman–Crippen LogP) is 2.50. The Bertz CT molecular complexity index is 964. The normalized spacial score (nSPS) is 10.7. The van der Waals surface area contributed by atoms with Crippen LogP contribution in [0.4, 0.5) is 5.95 Å². The summed E-state index contributed by atoms with van der Waals surface area (Å²) in [6.07, 6.45) is 0. The molecule has 7 nitrogen and oxygen atoms in total. The predicted molar refractivity (Wildman–Crippen MR) is 83.9 cm³/mol. The average Bonchev–Trinajstić information content (AvgIpc) is 2.46. The highest BCUT2D eigenvalue weighted by Crippen LogP contribution is 2.26. The molecular weight excluding hydrogens is 322 g/mol. The number of hydrogen-bond acceptors (Lipinski definition) is 6. The van der Waals surface area contributed by atoms with Crippen LogP contribution in [0.5, 0.6) is 5.75 Å². The maximum atomic E-state index is 12.3. The molecule has 8 heteroatoms. The Kier molecular flexibility index (Phi) is 3.71. The smallest absolute Gasteiger partial charge is 0.353 e. The van der Waals surface area contributed by atoms with Gasteiger partial charge in [-0.1, -0.05) is 23.7 Å². The van der Waals surface area contributed by atoms with Crippen LogP contribution in [-0.2, 0) is 0 Å². The van der Waals surface area contributed by atoms with E-state index in [9.17, 15) is 14.7 Å². The summed E-state index contributed by atoms with van der Waals surface area (Å²) in [6, 6.07) is 7.85. The lowest BCUT2D eigenvalue weighted by atomic mass is 10.1. The molecule has 0 saturated carbocycles. The van der Waals surface area contributed by atoms with Gasteiger partial charge in [-0.15, -0.1) is 0 Å².